The first-order valence-corrected chi connectivity index (χ1v) is 8.76. The molecule has 2 aromatic rings. The van der Waals surface area contributed by atoms with Crippen LogP contribution in [0.5, 0.6) is 5.75 Å². The van der Waals surface area contributed by atoms with Gasteiger partial charge in [-0.3, -0.25) is 19.9 Å². The second-order valence-electron chi connectivity index (χ2n) is 6.44. The van der Waals surface area contributed by atoms with Crippen molar-refractivity contribution < 1.29 is 14.5 Å². The molecule has 0 bridgehead atoms. The zero-order chi connectivity index (χ0) is 18.4. The summed E-state index contributed by atoms with van der Waals surface area (Å²) in [5.41, 5.74) is 0.590. The lowest BCUT2D eigenvalue weighted by atomic mass is 9.90. The number of nitrogens with one attached hydrogen (secondary N) is 1. The van der Waals surface area contributed by atoms with Crippen LogP contribution in [-0.2, 0) is 0 Å². The highest BCUT2D eigenvalue weighted by Gasteiger charge is 2.21. The zero-order valence-electron chi connectivity index (χ0n) is 14.4. The summed E-state index contributed by atoms with van der Waals surface area (Å²) >= 11 is 0. The lowest BCUT2D eigenvalue weighted by Crippen LogP contribution is -2.16. The molecule has 1 aliphatic rings. The van der Waals surface area contributed by atoms with E-state index in [9.17, 15) is 14.9 Å². The van der Waals surface area contributed by atoms with Gasteiger partial charge in [-0.25, -0.2) is 0 Å². The molecule has 1 amide bonds. The first-order chi connectivity index (χ1) is 12.6. The quantitative estimate of drug-likeness (QED) is 0.619. The van der Waals surface area contributed by atoms with E-state index in [1.54, 1.807) is 30.6 Å². The van der Waals surface area contributed by atoms with Crippen molar-refractivity contribution in [2.24, 2.45) is 5.92 Å². The molecule has 0 aliphatic heterocycles. The fraction of sp³-hybridized carbons (Fsp3) is 0.368. The van der Waals surface area contributed by atoms with Crippen LogP contribution < -0.4 is 10.1 Å². The predicted molar refractivity (Wildman–Crippen MR) is 97.4 cm³/mol. The Labute approximate surface area is 151 Å². The molecular weight excluding hydrogens is 334 g/mol. The normalized spacial score (nSPS) is 14.6. The van der Waals surface area contributed by atoms with E-state index < -0.39 is 10.8 Å². The van der Waals surface area contributed by atoms with E-state index in [-0.39, 0.29) is 17.0 Å². The van der Waals surface area contributed by atoms with Crippen molar-refractivity contribution in [3.05, 3.63) is 58.4 Å². The average molecular weight is 355 g/mol. The smallest absolute Gasteiger partial charge is 0.311 e. The van der Waals surface area contributed by atoms with Gasteiger partial charge in [0.2, 0.25) is 0 Å². The number of hydrogen-bond donors (Lipinski definition) is 1. The fourth-order valence-electron chi connectivity index (χ4n) is 3.12. The molecule has 0 saturated heterocycles. The standard InChI is InChI=1S/C19H21N3O4/c23-19(21-16-8-10-20-11-9-16)15-6-7-18(17(12-15)22(24)25)26-13-14-4-2-1-3-5-14/h6-12,14H,1-5,13H2,(H,20,21,23). The van der Waals surface area contributed by atoms with Crippen molar-refractivity contribution >= 4 is 17.3 Å². The van der Waals surface area contributed by atoms with Crippen molar-refractivity contribution in [1.29, 1.82) is 0 Å². The summed E-state index contributed by atoms with van der Waals surface area (Å²) in [4.78, 5) is 27.1. The van der Waals surface area contributed by atoms with E-state index in [1.165, 1.54) is 31.4 Å². The summed E-state index contributed by atoms with van der Waals surface area (Å²) in [5.74, 6) is 0.234. The minimum absolute atomic E-state index is 0.191. The number of nitro groups is 1. The van der Waals surface area contributed by atoms with Crippen LogP contribution in [0.25, 0.3) is 0 Å². The van der Waals surface area contributed by atoms with Crippen molar-refractivity contribution in [2.75, 3.05) is 11.9 Å². The summed E-state index contributed by atoms with van der Waals surface area (Å²) < 4.78 is 5.71. The van der Waals surface area contributed by atoms with Crippen LogP contribution in [0, 0.1) is 16.0 Å². The third-order valence-electron chi connectivity index (χ3n) is 4.56. The van der Waals surface area contributed by atoms with Gasteiger partial charge in [-0.05, 0) is 43.0 Å². The van der Waals surface area contributed by atoms with Crippen LogP contribution in [0.1, 0.15) is 42.5 Å². The van der Waals surface area contributed by atoms with Gasteiger partial charge in [-0.1, -0.05) is 19.3 Å². The molecule has 1 aromatic carbocycles. The summed E-state index contributed by atoms with van der Waals surface area (Å²) in [6, 6.07) is 7.59. The number of pyridine rings is 1. The number of benzene rings is 1. The van der Waals surface area contributed by atoms with Crippen molar-refractivity contribution in [3.8, 4) is 5.75 Å². The van der Waals surface area contributed by atoms with Gasteiger partial charge in [0.1, 0.15) is 0 Å². The highest BCUT2D eigenvalue weighted by Crippen LogP contribution is 2.30. The minimum atomic E-state index is -0.514. The molecule has 1 aliphatic carbocycles. The van der Waals surface area contributed by atoms with Gasteiger partial charge in [0.25, 0.3) is 5.91 Å². The van der Waals surface area contributed by atoms with Crippen LogP contribution in [0.15, 0.2) is 42.7 Å². The monoisotopic (exact) mass is 355 g/mol. The molecular formula is C19H21N3O4. The molecule has 1 saturated carbocycles. The molecule has 1 heterocycles. The van der Waals surface area contributed by atoms with E-state index in [1.807, 2.05) is 0 Å². The van der Waals surface area contributed by atoms with E-state index in [0.717, 1.165) is 12.8 Å². The molecule has 1 N–H and O–H groups in total. The zero-order valence-corrected chi connectivity index (χ0v) is 14.4. The van der Waals surface area contributed by atoms with Crippen LogP contribution in [0.3, 0.4) is 0 Å². The number of amides is 1. The number of aromatic nitrogens is 1. The highest BCUT2D eigenvalue weighted by molar-refractivity contribution is 6.04. The number of hydrogen-bond acceptors (Lipinski definition) is 5. The molecule has 0 atom stereocenters. The molecule has 0 unspecified atom stereocenters. The number of anilines is 1. The number of ether oxygens (including phenoxy) is 1. The Kier molecular flexibility index (Phi) is 5.78. The fourth-order valence-corrected chi connectivity index (χ4v) is 3.12. The summed E-state index contributed by atoms with van der Waals surface area (Å²) in [5, 5.41) is 14.1. The maximum Gasteiger partial charge on any atom is 0.311 e. The van der Waals surface area contributed by atoms with E-state index in [0.29, 0.717) is 18.2 Å². The number of carbonyl (C=O) groups is 1. The second kappa shape index (κ2) is 8.42. The lowest BCUT2D eigenvalue weighted by Gasteiger charge is -2.21. The Bertz CT molecular complexity index is 774. The number of nitro benzene ring substituents is 1. The van der Waals surface area contributed by atoms with Gasteiger partial charge in [0.05, 0.1) is 11.5 Å². The van der Waals surface area contributed by atoms with Gasteiger partial charge >= 0.3 is 5.69 Å². The maximum absolute atomic E-state index is 12.3. The molecule has 1 aromatic heterocycles. The van der Waals surface area contributed by atoms with E-state index in [2.05, 4.69) is 10.3 Å². The Morgan fingerprint density at radius 3 is 2.62 bits per heavy atom. The summed E-state index contributed by atoms with van der Waals surface area (Å²) in [6.07, 6.45) is 8.92. The number of carbonyl (C=O) groups excluding carboxylic acids is 1. The first-order valence-electron chi connectivity index (χ1n) is 8.76. The Morgan fingerprint density at radius 1 is 1.19 bits per heavy atom. The molecule has 0 spiro atoms. The third kappa shape index (κ3) is 4.56. The summed E-state index contributed by atoms with van der Waals surface area (Å²) in [7, 11) is 0. The summed E-state index contributed by atoms with van der Waals surface area (Å²) in [6.45, 7) is 0.476. The second-order valence-corrected chi connectivity index (χ2v) is 6.44. The van der Waals surface area contributed by atoms with Crippen molar-refractivity contribution in [2.45, 2.75) is 32.1 Å². The topological polar surface area (TPSA) is 94.4 Å². The third-order valence-corrected chi connectivity index (χ3v) is 4.56. The largest absolute Gasteiger partial charge is 0.487 e. The van der Waals surface area contributed by atoms with Crippen LogP contribution >= 0.6 is 0 Å². The highest BCUT2D eigenvalue weighted by atomic mass is 16.6. The van der Waals surface area contributed by atoms with Crippen LogP contribution in [-0.4, -0.2) is 22.4 Å². The van der Waals surface area contributed by atoms with Gasteiger partial charge in [0, 0.05) is 29.7 Å². The Morgan fingerprint density at radius 2 is 1.92 bits per heavy atom. The minimum Gasteiger partial charge on any atom is -0.487 e. The molecule has 136 valence electrons. The maximum atomic E-state index is 12.3. The molecule has 26 heavy (non-hydrogen) atoms. The van der Waals surface area contributed by atoms with Crippen LogP contribution in [0.4, 0.5) is 11.4 Å². The lowest BCUT2D eigenvalue weighted by molar-refractivity contribution is -0.385. The molecule has 7 heteroatoms. The van der Waals surface area contributed by atoms with Gasteiger partial charge in [0.15, 0.2) is 5.75 Å². The van der Waals surface area contributed by atoms with E-state index >= 15 is 0 Å². The predicted octanol–water partition coefficient (Wildman–Crippen LogP) is 4.20. The molecule has 0 radical (unpaired) electrons. The molecule has 3 rings (SSSR count). The van der Waals surface area contributed by atoms with Gasteiger partial charge in [-0.15, -0.1) is 0 Å². The van der Waals surface area contributed by atoms with E-state index in [4.69, 9.17) is 4.74 Å². The SMILES string of the molecule is O=C(Nc1ccncc1)c1ccc(OCC2CCCCC2)c([N+](=O)[O-])c1. The first kappa shape index (κ1) is 17.8. The number of rotatable bonds is 6. The molecule has 1 fully saturated rings. The van der Waals surface area contributed by atoms with Crippen molar-refractivity contribution in [1.82, 2.24) is 4.98 Å². The average Bonchev–Trinajstić information content (AvgIpc) is 2.67. The molecule has 7 nitrogen and oxygen atoms in total. The van der Waals surface area contributed by atoms with Gasteiger partial charge in [-0.2, -0.15) is 0 Å². The number of nitrogens with zero attached hydrogens (tertiary/aromatic N) is 2. The van der Waals surface area contributed by atoms with Crippen LogP contribution in [0.2, 0.25) is 0 Å². The Balaban J connectivity index is 1.71. The van der Waals surface area contributed by atoms with Gasteiger partial charge < -0.3 is 10.1 Å². The van der Waals surface area contributed by atoms with Crippen molar-refractivity contribution in [3.63, 3.8) is 0 Å². The Hall–Kier alpha value is -2.96.